The van der Waals surface area contributed by atoms with E-state index in [1.807, 2.05) is 12.1 Å². The topological polar surface area (TPSA) is 103 Å². The largest absolute Gasteiger partial charge is 0.463 e. The number of hydrogen-bond donors (Lipinski definition) is 0. The third-order valence-corrected chi connectivity index (χ3v) is 8.04. The quantitative estimate of drug-likeness (QED) is 0.609. The van der Waals surface area contributed by atoms with Crippen LogP contribution in [0.25, 0.3) is 0 Å². The SMILES string of the molecule is COC(=O)c1ccc(COC(=O)C2CCN(S(=O)(=O)c3ccc4c(c3)CCCC4)CC2)o1. The molecule has 1 aromatic carbocycles. The molecular weight excluding hydrogens is 434 g/mol. The Kier molecular flexibility index (Phi) is 6.66. The van der Waals surface area contributed by atoms with Gasteiger partial charge in [-0.3, -0.25) is 4.79 Å². The first kappa shape index (κ1) is 22.5. The number of ether oxygens (including phenoxy) is 2. The van der Waals surface area contributed by atoms with Crippen LogP contribution in [0.5, 0.6) is 0 Å². The number of rotatable bonds is 6. The zero-order chi connectivity index (χ0) is 22.7. The fraction of sp³-hybridized carbons (Fsp3) is 0.478. The number of carbonyl (C=O) groups excluding carboxylic acids is 2. The van der Waals surface area contributed by atoms with E-state index < -0.39 is 22.0 Å². The smallest absolute Gasteiger partial charge is 0.373 e. The standard InChI is InChI=1S/C23H27NO7S/c1-29-23(26)21-9-7-19(31-21)15-30-22(25)17-10-12-24(13-11-17)32(27,28)20-8-6-16-4-2-3-5-18(16)14-20/h6-9,14,17H,2-5,10-13,15H2,1H3. The lowest BCUT2D eigenvalue weighted by atomic mass is 9.92. The summed E-state index contributed by atoms with van der Waals surface area (Å²) >= 11 is 0. The molecule has 0 unspecified atom stereocenters. The highest BCUT2D eigenvalue weighted by atomic mass is 32.2. The Labute approximate surface area is 187 Å². The fourth-order valence-corrected chi connectivity index (χ4v) is 5.80. The zero-order valence-corrected chi connectivity index (χ0v) is 18.9. The van der Waals surface area contributed by atoms with E-state index in [2.05, 4.69) is 4.74 Å². The van der Waals surface area contributed by atoms with Crippen molar-refractivity contribution in [1.29, 1.82) is 0 Å². The minimum atomic E-state index is -3.59. The summed E-state index contributed by atoms with van der Waals surface area (Å²) in [7, 11) is -2.33. The lowest BCUT2D eigenvalue weighted by molar-refractivity contribution is -0.151. The number of furan rings is 1. The first-order valence-corrected chi connectivity index (χ1v) is 12.3. The summed E-state index contributed by atoms with van der Waals surface area (Å²) in [4.78, 5) is 24.2. The number of hydrogen-bond acceptors (Lipinski definition) is 7. The highest BCUT2D eigenvalue weighted by molar-refractivity contribution is 7.89. The van der Waals surface area contributed by atoms with Crippen molar-refractivity contribution in [2.45, 2.75) is 50.0 Å². The van der Waals surface area contributed by atoms with Crippen molar-refractivity contribution in [3.05, 3.63) is 53.0 Å². The molecule has 2 heterocycles. The zero-order valence-electron chi connectivity index (χ0n) is 18.0. The third-order valence-electron chi connectivity index (χ3n) is 6.15. The van der Waals surface area contributed by atoms with E-state index in [1.54, 1.807) is 12.1 Å². The third kappa shape index (κ3) is 4.73. The fourth-order valence-electron chi connectivity index (χ4n) is 4.28. The molecule has 0 N–H and O–H groups in total. The van der Waals surface area contributed by atoms with Crippen molar-refractivity contribution in [3.8, 4) is 0 Å². The van der Waals surface area contributed by atoms with Gasteiger partial charge < -0.3 is 13.9 Å². The molecule has 8 nitrogen and oxygen atoms in total. The summed E-state index contributed by atoms with van der Waals surface area (Å²) in [5, 5.41) is 0. The van der Waals surface area contributed by atoms with Crippen molar-refractivity contribution < 1.29 is 31.9 Å². The molecule has 1 fully saturated rings. The van der Waals surface area contributed by atoms with Gasteiger partial charge in [0.05, 0.1) is 17.9 Å². The van der Waals surface area contributed by atoms with Crippen LogP contribution in [-0.4, -0.2) is 44.9 Å². The molecule has 0 spiro atoms. The highest BCUT2D eigenvalue weighted by Crippen LogP contribution is 2.28. The van der Waals surface area contributed by atoms with Crippen molar-refractivity contribution >= 4 is 22.0 Å². The second kappa shape index (κ2) is 9.46. The van der Waals surface area contributed by atoms with Gasteiger partial charge >= 0.3 is 11.9 Å². The predicted octanol–water partition coefficient (Wildman–Crippen LogP) is 3.09. The Balaban J connectivity index is 1.31. The molecule has 2 aliphatic rings. The molecule has 0 atom stereocenters. The van der Waals surface area contributed by atoms with Crippen LogP contribution < -0.4 is 0 Å². The summed E-state index contributed by atoms with van der Waals surface area (Å²) in [6.45, 7) is 0.447. The van der Waals surface area contributed by atoms with E-state index in [0.29, 0.717) is 23.5 Å². The van der Waals surface area contributed by atoms with Crippen molar-refractivity contribution in [2.75, 3.05) is 20.2 Å². The molecule has 172 valence electrons. The molecule has 4 rings (SSSR count). The highest BCUT2D eigenvalue weighted by Gasteiger charge is 2.33. The maximum absolute atomic E-state index is 13.1. The van der Waals surface area contributed by atoms with E-state index in [0.717, 1.165) is 31.2 Å². The number of methoxy groups -OCH3 is 1. The Morgan fingerprint density at radius 1 is 1.06 bits per heavy atom. The van der Waals surface area contributed by atoms with Gasteiger partial charge in [0.15, 0.2) is 0 Å². The average molecular weight is 462 g/mol. The van der Waals surface area contributed by atoms with Gasteiger partial charge in [0.1, 0.15) is 12.4 Å². The van der Waals surface area contributed by atoms with E-state index in [1.165, 1.54) is 23.0 Å². The number of carbonyl (C=O) groups is 2. The van der Waals surface area contributed by atoms with Gasteiger partial charge in [-0.1, -0.05) is 6.07 Å². The molecule has 1 aliphatic carbocycles. The van der Waals surface area contributed by atoms with Crippen LogP contribution in [0.2, 0.25) is 0 Å². The lowest BCUT2D eigenvalue weighted by Crippen LogP contribution is -2.40. The van der Waals surface area contributed by atoms with Crippen LogP contribution in [-0.2, 0) is 43.7 Å². The van der Waals surface area contributed by atoms with Crippen LogP contribution >= 0.6 is 0 Å². The summed E-state index contributed by atoms with van der Waals surface area (Å²) < 4.78 is 42.8. The number of esters is 2. The average Bonchev–Trinajstić information content (AvgIpc) is 3.31. The second-order valence-electron chi connectivity index (χ2n) is 8.18. The minimum absolute atomic E-state index is 0.0410. The molecule has 0 saturated carbocycles. The van der Waals surface area contributed by atoms with Crippen LogP contribution in [0, 0.1) is 5.92 Å². The first-order chi connectivity index (χ1) is 15.4. The van der Waals surface area contributed by atoms with Gasteiger partial charge in [-0.05, 0) is 73.9 Å². The molecular formula is C23H27NO7S. The van der Waals surface area contributed by atoms with E-state index in [-0.39, 0.29) is 31.4 Å². The maximum Gasteiger partial charge on any atom is 0.373 e. The van der Waals surface area contributed by atoms with Crippen molar-refractivity contribution in [2.24, 2.45) is 5.92 Å². The summed E-state index contributed by atoms with van der Waals surface area (Å²) in [6, 6.07) is 8.46. The number of sulfonamides is 1. The number of benzene rings is 1. The summed E-state index contributed by atoms with van der Waals surface area (Å²) in [6.07, 6.45) is 4.96. The van der Waals surface area contributed by atoms with Gasteiger partial charge in [-0.15, -0.1) is 0 Å². The molecule has 0 amide bonds. The normalized spacial score (nSPS) is 17.5. The number of fused-ring (bicyclic) bond motifs is 1. The Morgan fingerprint density at radius 3 is 2.50 bits per heavy atom. The van der Waals surface area contributed by atoms with Crippen molar-refractivity contribution in [3.63, 3.8) is 0 Å². The van der Waals surface area contributed by atoms with Gasteiger partial charge in [-0.25, -0.2) is 13.2 Å². The molecule has 9 heteroatoms. The second-order valence-corrected chi connectivity index (χ2v) is 10.1. The molecule has 1 aliphatic heterocycles. The molecule has 32 heavy (non-hydrogen) atoms. The predicted molar refractivity (Wildman–Crippen MR) is 114 cm³/mol. The molecule has 0 bridgehead atoms. The Morgan fingerprint density at radius 2 is 1.78 bits per heavy atom. The monoisotopic (exact) mass is 461 g/mol. The maximum atomic E-state index is 13.1. The summed E-state index contributed by atoms with van der Waals surface area (Å²) in [5.41, 5.74) is 2.37. The summed E-state index contributed by atoms with van der Waals surface area (Å²) in [5.74, 6) is -0.993. The van der Waals surface area contributed by atoms with E-state index >= 15 is 0 Å². The van der Waals surface area contributed by atoms with E-state index in [9.17, 15) is 18.0 Å². The minimum Gasteiger partial charge on any atom is -0.463 e. The van der Waals surface area contributed by atoms with Gasteiger partial charge in [0.25, 0.3) is 0 Å². The molecule has 1 saturated heterocycles. The van der Waals surface area contributed by atoms with E-state index in [4.69, 9.17) is 9.15 Å². The molecule has 2 aromatic rings. The van der Waals surface area contributed by atoms with Crippen molar-refractivity contribution in [1.82, 2.24) is 4.31 Å². The van der Waals surface area contributed by atoms with Crippen LogP contribution in [0.3, 0.4) is 0 Å². The first-order valence-electron chi connectivity index (χ1n) is 10.8. The Hall–Kier alpha value is -2.65. The molecule has 1 aromatic heterocycles. The van der Waals surface area contributed by atoms with Gasteiger partial charge in [0.2, 0.25) is 15.8 Å². The molecule has 0 radical (unpaired) electrons. The van der Waals surface area contributed by atoms with Crippen LogP contribution in [0.15, 0.2) is 39.6 Å². The number of nitrogens with zero attached hydrogens (tertiary/aromatic N) is 1. The Bertz CT molecular complexity index is 1100. The van der Waals surface area contributed by atoms with Crippen LogP contribution in [0.1, 0.15) is 53.1 Å². The lowest BCUT2D eigenvalue weighted by Gasteiger charge is -2.30. The van der Waals surface area contributed by atoms with Gasteiger partial charge in [0, 0.05) is 13.1 Å². The van der Waals surface area contributed by atoms with Crippen LogP contribution in [0.4, 0.5) is 0 Å². The number of piperidine rings is 1. The number of aryl methyl sites for hydroxylation is 2. The van der Waals surface area contributed by atoms with Gasteiger partial charge in [-0.2, -0.15) is 4.31 Å².